The SMILES string of the molecule is CN(CCNC(=O)Cc1c[nH]c2cc(-c3ccccc3N)ccc12)C1CCCCC1. The van der Waals surface area contributed by atoms with Gasteiger partial charge in [0.15, 0.2) is 0 Å². The smallest absolute Gasteiger partial charge is 0.224 e. The first-order valence-corrected chi connectivity index (χ1v) is 11.0. The third-order valence-corrected chi connectivity index (χ3v) is 6.37. The van der Waals surface area contributed by atoms with E-state index in [0.717, 1.165) is 39.8 Å². The summed E-state index contributed by atoms with van der Waals surface area (Å²) in [6, 6.07) is 14.8. The number of aromatic amines is 1. The second-order valence-electron chi connectivity index (χ2n) is 8.46. The van der Waals surface area contributed by atoms with E-state index in [9.17, 15) is 4.79 Å². The van der Waals surface area contributed by atoms with E-state index in [0.29, 0.717) is 19.0 Å². The number of fused-ring (bicyclic) bond motifs is 1. The normalized spacial score (nSPS) is 15.0. The second-order valence-corrected chi connectivity index (χ2v) is 8.46. The number of hydrogen-bond acceptors (Lipinski definition) is 3. The molecule has 0 atom stereocenters. The first-order valence-electron chi connectivity index (χ1n) is 11.0. The molecule has 158 valence electrons. The van der Waals surface area contributed by atoms with Gasteiger partial charge in [0.25, 0.3) is 0 Å². The van der Waals surface area contributed by atoms with Crippen LogP contribution in [-0.2, 0) is 11.2 Å². The highest BCUT2D eigenvalue weighted by molar-refractivity contribution is 5.92. The number of anilines is 1. The minimum atomic E-state index is 0.0734. The fourth-order valence-corrected chi connectivity index (χ4v) is 4.57. The molecule has 5 nitrogen and oxygen atoms in total. The van der Waals surface area contributed by atoms with Gasteiger partial charge in [-0.3, -0.25) is 4.79 Å². The molecule has 0 unspecified atom stereocenters. The second kappa shape index (κ2) is 9.35. The summed E-state index contributed by atoms with van der Waals surface area (Å²) < 4.78 is 0. The van der Waals surface area contributed by atoms with Crippen LogP contribution in [0.5, 0.6) is 0 Å². The standard InChI is InChI=1S/C25H32N4O/c1-29(20-7-3-2-4-8-20)14-13-27-25(30)16-19-17-28-24-15-18(11-12-22(19)24)21-9-5-6-10-23(21)26/h5-6,9-12,15,17,20,28H,2-4,7-8,13-14,16,26H2,1H3,(H,27,30). The van der Waals surface area contributed by atoms with E-state index in [2.05, 4.69) is 40.4 Å². The fraction of sp³-hybridized carbons (Fsp3) is 0.400. The Morgan fingerprint density at radius 2 is 1.97 bits per heavy atom. The van der Waals surface area contributed by atoms with Crippen LogP contribution in [0.25, 0.3) is 22.0 Å². The van der Waals surface area contributed by atoms with Crippen molar-refractivity contribution in [1.82, 2.24) is 15.2 Å². The molecule has 0 radical (unpaired) electrons. The van der Waals surface area contributed by atoms with Gasteiger partial charge in [0.05, 0.1) is 6.42 Å². The van der Waals surface area contributed by atoms with Gasteiger partial charge in [-0.15, -0.1) is 0 Å². The maximum atomic E-state index is 12.5. The van der Waals surface area contributed by atoms with Crippen molar-refractivity contribution < 1.29 is 4.79 Å². The van der Waals surface area contributed by atoms with Gasteiger partial charge in [-0.2, -0.15) is 0 Å². The molecular formula is C25H32N4O. The molecule has 1 heterocycles. The van der Waals surface area contributed by atoms with Crippen LogP contribution in [0.15, 0.2) is 48.7 Å². The Labute approximate surface area is 178 Å². The number of nitrogens with two attached hydrogens (primary N) is 1. The molecule has 3 aromatic rings. The molecule has 30 heavy (non-hydrogen) atoms. The van der Waals surface area contributed by atoms with E-state index in [1.807, 2.05) is 30.5 Å². The highest BCUT2D eigenvalue weighted by Crippen LogP contribution is 2.29. The number of likely N-dealkylation sites (N-methyl/N-ethyl adjacent to an activating group) is 1. The summed E-state index contributed by atoms with van der Waals surface area (Å²) in [5.41, 5.74) is 11.0. The molecule has 1 aliphatic carbocycles. The summed E-state index contributed by atoms with van der Waals surface area (Å²) in [6.07, 6.45) is 8.94. The Balaban J connectivity index is 1.34. The fourth-order valence-electron chi connectivity index (χ4n) is 4.57. The topological polar surface area (TPSA) is 74.2 Å². The zero-order valence-electron chi connectivity index (χ0n) is 17.8. The van der Waals surface area contributed by atoms with Crippen LogP contribution in [0.2, 0.25) is 0 Å². The van der Waals surface area contributed by atoms with E-state index in [1.165, 1.54) is 32.1 Å². The molecule has 1 aromatic heterocycles. The average molecular weight is 405 g/mol. The van der Waals surface area contributed by atoms with E-state index in [1.54, 1.807) is 0 Å². The summed E-state index contributed by atoms with van der Waals surface area (Å²) in [4.78, 5) is 18.2. The third-order valence-electron chi connectivity index (χ3n) is 6.37. The molecule has 4 rings (SSSR count). The first-order chi connectivity index (χ1) is 14.6. The molecule has 4 N–H and O–H groups in total. The van der Waals surface area contributed by atoms with E-state index < -0.39 is 0 Å². The van der Waals surface area contributed by atoms with Crippen molar-refractivity contribution in [3.8, 4) is 11.1 Å². The van der Waals surface area contributed by atoms with Gasteiger partial charge in [-0.1, -0.05) is 49.6 Å². The van der Waals surface area contributed by atoms with Crippen molar-refractivity contribution in [1.29, 1.82) is 0 Å². The van der Waals surface area contributed by atoms with E-state index >= 15 is 0 Å². The summed E-state index contributed by atoms with van der Waals surface area (Å²) in [7, 11) is 2.18. The maximum absolute atomic E-state index is 12.5. The lowest BCUT2D eigenvalue weighted by atomic mass is 9.94. The van der Waals surface area contributed by atoms with Crippen molar-refractivity contribution >= 4 is 22.5 Å². The number of hydrogen-bond donors (Lipinski definition) is 3. The summed E-state index contributed by atoms with van der Waals surface area (Å²) in [5.74, 6) is 0.0734. The number of rotatable bonds is 7. The number of carbonyl (C=O) groups excluding carboxylic acids is 1. The van der Waals surface area contributed by atoms with Gasteiger partial charge in [-0.05, 0) is 43.1 Å². The number of aromatic nitrogens is 1. The molecule has 0 aliphatic heterocycles. The highest BCUT2D eigenvalue weighted by atomic mass is 16.1. The lowest BCUT2D eigenvalue weighted by Crippen LogP contribution is -2.39. The molecule has 1 fully saturated rings. The van der Waals surface area contributed by atoms with Crippen LogP contribution >= 0.6 is 0 Å². The number of amides is 1. The van der Waals surface area contributed by atoms with Crippen molar-refractivity contribution in [2.24, 2.45) is 0 Å². The predicted octanol–water partition coefficient (Wildman–Crippen LogP) is 4.34. The Hall–Kier alpha value is -2.79. The van der Waals surface area contributed by atoms with Crippen LogP contribution in [0.3, 0.4) is 0 Å². The number of nitrogens with zero attached hydrogens (tertiary/aromatic N) is 1. The monoisotopic (exact) mass is 404 g/mol. The highest BCUT2D eigenvalue weighted by Gasteiger charge is 2.17. The number of benzene rings is 2. The molecule has 1 amide bonds. The zero-order chi connectivity index (χ0) is 20.9. The van der Waals surface area contributed by atoms with Crippen LogP contribution in [0, 0.1) is 0 Å². The van der Waals surface area contributed by atoms with Crippen LogP contribution in [0.1, 0.15) is 37.7 Å². The van der Waals surface area contributed by atoms with E-state index in [-0.39, 0.29) is 5.91 Å². The third kappa shape index (κ3) is 4.68. The Morgan fingerprint density at radius 1 is 1.17 bits per heavy atom. The lowest BCUT2D eigenvalue weighted by molar-refractivity contribution is -0.120. The van der Waals surface area contributed by atoms with Gasteiger partial charge < -0.3 is 20.9 Å². The number of nitrogen functional groups attached to an aromatic ring is 1. The summed E-state index contributed by atoms with van der Waals surface area (Å²) in [6.45, 7) is 1.61. The van der Waals surface area contributed by atoms with Gasteiger partial charge in [0, 0.05) is 47.5 Å². The van der Waals surface area contributed by atoms with Crippen LogP contribution in [-0.4, -0.2) is 42.0 Å². The van der Waals surface area contributed by atoms with E-state index in [4.69, 9.17) is 5.73 Å². The first kappa shape index (κ1) is 20.5. The van der Waals surface area contributed by atoms with Gasteiger partial charge >= 0.3 is 0 Å². The van der Waals surface area contributed by atoms with Crippen LogP contribution < -0.4 is 11.1 Å². The number of nitrogens with one attached hydrogen (secondary N) is 2. The van der Waals surface area contributed by atoms with Crippen molar-refractivity contribution in [2.75, 3.05) is 25.9 Å². The minimum absolute atomic E-state index is 0.0734. The Bertz CT molecular complexity index is 1000. The molecule has 5 heteroatoms. The minimum Gasteiger partial charge on any atom is -0.398 e. The number of para-hydroxylation sites is 1. The van der Waals surface area contributed by atoms with Crippen molar-refractivity contribution in [2.45, 2.75) is 44.6 Å². The quantitative estimate of drug-likeness (QED) is 0.513. The van der Waals surface area contributed by atoms with Gasteiger partial charge in [0.1, 0.15) is 0 Å². The predicted molar refractivity (Wildman–Crippen MR) is 124 cm³/mol. The summed E-state index contributed by atoms with van der Waals surface area (Å²) in [5, 5.41) is 4.18. The number of carbonyl (C=O) groups is 1. The molecule has 0 bridgehead atoms. The van der Waals surface area contributed by atoms with Gasteiger partial charge in [0.2, 0.25) is 5.91 Å². The molecule has 0 saturated heterocycles. The molecule has 2 aromatic carbocycles. The molecule has 0 spiro atoms. The van der Waals surface area contributed by atoms with Crippen LogP contribution in [0.4, 0.5) is 5.69 Å². The Morgan fingerprint density at radius 3 is 2.77 bits per heavy atom. The lowest BCUT2D eigenvalue weighted by Gasteiger charge is -2.31. The molecular weight excluding hydrogens is 372 g/mol. The van der Waals surface area contributed by atoms with Crippen molar-refractivity contribution in [3.05, 3.63) is 54.2 Å². The zero-order valence-corrected chi connectivity index (χ0v) is 17.8. The van der Waals surface area contributed by atoms with Crippen molar-refractivity contribution in [3.63, 3.8) is 0 Å². The Kier molecular flexibility index (Phi) is 6.38. The molecule has 1 saturated carbocycles. The molecule has 1 aliphatic rings. The van der Waals surface area contributed by atoms with Gasteiger partial charge in [-0.25, -0.2) is 0 Å². The summed E-state index contributed by atoms with van der Waals surface area (Å²) >= 11 is 0. The largest absolute Gasteiger partial charge is 0.398 e. The maximum Gasteiger partial charge on any atom is 0.224 e. The number of H-pyrrole nitrogens is 1. The average Bonchev–Trinajstić information content (AvgIpc) is 3.16.